The molecule has 0 saturated heterocycles. The second-order valence-corrected chi connectivity index (χ2v) is 6.65. The molecule has 0 radical (unpaired) electrons. The first-order chi connectivity index (χ1) is 11.3. The van der Waals surface area contributed by atoms with Gasteiger partial charge in [-0.25, -0.2) is 4.79 Å². The zero-order chi connectivity index (χ0) is 17.5. The number of rotatable bonds is 5. The maximum absolute atomic E-state index is 12.7. The molecule has 1 amide bonds. The van der Waals surface area contributed by atoms with E-state index in [1.54, 1.807) is 26.0 Å². The summed E-state index contributed by atoms with van der Waals surface area (Å²) in [6.45, 7) is 5.97. The highest BCUT2D eigenvalue weighted by Gasteiger charge is 2.66. The van der Waals surface area contributed by atoms with Gasteiger partial charge in [0.1, 0.15) is 5.54 Å². The number of ether oxygens (including phenoxy) is 1. The summed E-state index contributed by atoms with van der Waals surface area (Å²) in [6.07, 6.45) is 0.0203. The number of carbonyl (C=O) groups excluding carboxylic acids is 1. The van der Waals surface area contributed by atoms with Crippen LogP contribution < -0.4 is 5.32 Å². The molecule has 3 N–H and O–H groups in total. The fraction of sp³-hybridized carbons (Fsp3) is 0.471. The van der Waals surface area contributed by atoms with Crippen molar-refractivity contribution >= 4 is 22.8 Å². The number of nitrogens with zero attached hydrogens (tertiary/aromatic N) is 1. The number of carboxylic acids is 1. The number of carbonyl (C=O) groups is 2. The molecule has 128 valence electrons. The highest BCUT2D eigenvalue weighted by Crippen LogP contribution is 2.51. The minimum atomic E-state index is -1.37. The number of fused-ring (bicyclic) bond motifs is 1. The lowest BCUT2D eigenvalue weighted by atomic mass is 9.54. The van der Waals surface area contributed by atoms with Crippen LogP contribution in [0.5, 0.6) is 0 Å². The highest BCUT2D eigenvalue weighted by atomic mass is 16.5. The van der Waals surface area contributed by atoms with E-state index in [1.165, 1.54) is 0 Å². The SMILES string of the molecule is CCO[C@H]1C[C@](NC(=O)c2n[nH]c3ccccc23)(C(=O)O)C1(C)C. The second kappa shape index (κ2) is 5.59. The molecule has 1 aliphatic rings. The van der Waals surface area contributed by atoms with Gasteiger partial charge >= 0.3 is 5.97 Å². The van der Waals surface area contributed by atoms with Crippen molar-refractivity contribution in [3.05, 3.63) is 30.0 Å². The van der Waals surface area contributed by atoms with Crippen molar-refractivity contribution in [2.24, 2.45) is 5.41 Å². The zero-order valence-electron chi connectivity index (χ0n) is 13.9. The van der Waals surface area contributed by atoms with Gasteiger partial charge in [-0.3, -0.25) is 9.89 Å². The molecule has 0 bridgehead atoms. The molecule has 24 heavy (non-hydrogen) atoms. The van der Waals surface area contributed by atoms with Crippen molar-refractivity contribution in [2.75, 3.05) is 6.61 Å². The van der Waals surface area contributed by atoms with E-state index in [0.29, 0.717) is 12.0 Å². The Morgan fingerprint density at radius 3 is 2.75 bits per heavy atom. The van der Waals surface area contributed by atoms with Crippen LogP contribution >= 0.6 is 0 Å². The number of benzene rings is 1. The maximum atomic E-state index is 12.7. The Morgan fingerprint density at radius 1 is 1.42 bits per heavy atom. The number of aromatic nitrogens is 2. The maximum Gasteiger partial charge on any atom is 0.330 e. The lowest BCUT2D eigenvalue weighted by Crippen LogP contribution is -2.76. The number of aliphatic carboxylic acids is 1. The quantitative estimate of drug-likeness (QED) is 0.777. The van der Waals surface area contributed by atoms with Gasteiger partial charge in [0.2, 0.25) is 0 Å². The van der Waals surface area contributed by atoms with Crippen molar-refractivity contribution in [3.8, 4) is 0 Å². The van der Waals surface area contributed by atoms with E-state index < -0.39 is 22.8 Å². The number of hydrogen-bond acceptors (Lipinski definition) is 4. The Kier molecular flexibility index (Phi) is 3.83. The smallest absolute Gasteiger partial charge is 0.330 e. The summed E-state index contributed by atoms with van der Waals surface area (Å²) in [7, 11) is 0. The molecule has 1 heterocycles. The minimum absolute atomic E-state index is 0.196. The molecule has 2 aromatic rings. The summed E-state index contributed by atoms with van der Waals surface area (Å²) >= 11 is 0. The van der Waals surface area contributed by atoms with Gasteiger partial charge in [-0.05, 0) is 13.0 Å². The van der Waals surface area contributed by atoms with Crippen LogP contribution in [0.4, 0.5) is 0 Å². The fourth-order valence-corrected chi connectivity index (χ4v) is 3.43. The Morgan fingerprint density at radius 2 is 2.12 bits per heavy atom. The van der Waals surface area contributed by atoms with Gasteiger partial charge in [-0.1, -0.05) is 32.0 Å². The summed E-state index contributed by atoms with van der Waals surface area (Å²) in [6, 6.07) is 7.23. The first kappa shape index (κ1) is 16.4. The monoisotopic (exact) mass is 331 g/mol. The molecule has 7 nitrogen and oxygen atoms in total. The molecule has 1 aliphatic carbocycles. The number of amides is 1. The van der Waals surface area contributed by atoms with Crippen LogP contribution in [0.3, 0.4) is 0 Å². The van der Waals surface area contributed by atoms with Crippen LogP contribution in [0, 0.1) is 5.41 Å². The van der Waals surface area contributed by atoms with Crippen LogP contribution in [-0.4, -0.2) is 45.4 Å². The van der Waals surface area contributed by atoms with Crippen molar-refractivity contribution in [1.29, 1.82) is 0 Å². The van der Waals surface area contributed by atoms with Crippen molar-refractivity contribution < 1.29 is 19.4 Å². The molecule has 0 spiro atoms. The molecule has 1 fully saturated rings. The summed E-state index contributed by atoms with van der Waals surface area (Å²) in [5.41, 5.74) is -1.17. The Hall–Kier alpha value is -2.41. The summed E-state index contributed by atoms with van der Waals surface area (Å²) in [4.78, 5) is 24.6. The van der Waals surface area contributed by atoms with E-state index >= 15 is 0 Å². The van der Waals surface area contributed by atoms with Crippen LogP contribution in [0.2, 0.25) is 0 Å². The van der Waals surface area contributed by atoms with Gasteiger partial charge in [-0.2, -0.15) is 5.10 Å². The molecule has 0 unspecified atom stereocenters. The molecule has 2 atom stereocenters. The predicted molar refractivity (Wildman–Crippen MR) is 87.7 cm³/mol. The average Bonchev–Trinajstić information content (AvgIpc) is 2.97. The van der Waals surface area contributed by atoms with Crippen LogP contribution in [0.1, 0.15) is 37.7 Å². The molecule has 0 aliphatic heterocycles. The van der Waals surface area contributed by atoms with Gasteiger partial charge < -0.3 is 15.2 Å². The van der Waals surface area contributed by atoms with E-state index in [2.05, 4.69) is 15.5 Å². The molecule has 1 aromatic heterocycles. The normalized spacial score (nSPS) is 25.2. The number of carboxylic acid groups (broad SMARTS) is 1. The number of nitrogens with one attached hydrogen (secondary N) is 2. The molecule has 3 rings (SSSR count). The van der Waals surface area contributed by atoms with E-state index in [0.717, 1.165) is 5.52 Å². The van der Waals surface area contributed by atoms with E-state index in [-0.39, 0.29) is 18.2 Å². The lowest BCUT2D eigenvalue weighted by molar-refractivity contribution is -0.190. The van der Waals surface area contributed by atoms with Crippen molar-refractivity contribution in [3.63, 3.8) is 0 Å². The van der Waals surface area contributed by atoms with Crippen molar-refractivity contribution in [1.82, 2.24) is 15.5 Å². The topological polar surface area (TPSA) is 104 Å². The first-order valence-corrected chi connectivity index (χ1v) is 7.94. The standard InChI is InChI=1S/C17H21N3O4/c1-4-24-12-9-17(15(22)23,16(12,2)3)18-14(21)13-10-7-5-6-8-11(10)19-20-13/h5-8,12H,4,9H2,1-3H3,(H,18,21)(H,19,20)(H,22,23)/t12-,17-/m0/s1. The fourth-order valence-electron chi connectivity index (χ4n) is 3.43. The zero-order valence-corrected chi connectivity index (χ0v) is 13.9. The van der Waals surface area contributed by atoms with Gasteiger partial charge in [0.05, 0.1) is 11.6 Å². The number of hydrogen-bond donors (Lipinski definition) is 3. The summed E-state index contributed by atoms with van der Waals surface area (Å²) in [5, 5.41) is 20.0. The van der Waals surface area contributed by atoms with Gasteiger partial charge in [0, 0.05) is 23.8 Å². The molecule has 1 saturated carbocycles. The summed E-state index contributed by atoms with van der Waals surface area (Å²) in [5.74, 6) is -1.56. The van der Waals surface area contributed by atoms with Gasteiger partial charge in [-0.15, -0.1) is 0 Å². The molecular formula is C17H21N3O4. The molecular weight excluding hydrogens is 310 g/mol. The second-order valence-electron chi connectivity index (χ2n) is 6.65. The lowest BCUT2D eigenvalue weighted by Gasteiger charge is -2.58. The first-order valence-electron chi connectivity index (χ1n) is 7.94. The molecule has 1 aromatic carbocycles. The Balaban J connectivity index is 1.90. The van der Waals surface area contributed by atoms with Gasteiger partial charge in [0.25, 0.3) is 5.91 Å². The van der Waals surface area contributed by atoms with Crippen LogP contribution in [-0.2, 0) is 9.53 Å². The number of para-hydroxylation sites is 1. The average molecular weight is 331 g/mol. The van der Waals surface area contributed by atoms with Crippen LogP contribution in [0.15, 0.2) is 24.3 Å². The van der Waals surface area contributed by atoms with E-state index in [4.69, 9.17) is 4.74 Å². The summed E-state index contributed by atoms with van der Waals surface area (Å²) < 4.78 is 5.60. The third kappa shape index (κ3) is 2.19. The van der Waals surface area contributed by atoms with E-state index in [9.17, 15) is 14.7 Å². The highest BCUT2D eigenvalue weighted by molar-refractivity contribution is 6.06. The Bertz CT molecular complexity index is 798. The van der Waals surface area contributed by atoms with Gasteiger partial charge in [0.15, 0.2) is 5.69 Å². The predicted octanol–water partition coefficient (Wildman–Crippen LogP) is 1.95. The van der Waals surface area contributed by atoms with E-state index in [1.807, 2.05) is 19.1 Å². The van der Waals surface area contributed by atoms with Crippen LogP contribution in [0.25, 0.3) is 10.9 Å². The number of H-pyrrole nitrogens is 1. The largest absolute Gasteiger partial charge is 0.479 e. The minimum Gasteiger partial charge on any atom is -0.479 e. The molecule has 7 heteroatoms. The third-order valence-electron chi connectivity index (χ3n) is 5.14. The van der Waals surface area contributed by atoms with Crippen molar-refractivity contribution in [2.45, 2.75) is 38.8 Å². The third-order valence-corrected chi connectivity index (χ3v) is 5.14. The Labute approximate surface area is 139 Å². The number of aromatic amines is 1.